The summed E-state index contributed by atoms with van der Waals surface area (Å²) in [6.07, 6.45) is 0.883. The average Bonchev–Trinajstić information content (AvgIpc) is 3.01. The van der Waals surface area contributed by atoms with Crippen LogP contribution in [0.2, 0.25) is 0 Å². The molecule has 27 heavy (non-hydrogen) atoms. The zero-order valence-electron chi connectivity index (χ0n) is 16.0. The molecule has 144 valence electrons. The fourth-order valence-electron chi connectivity index (χ4n) is 3.22. The van der Waals surface area contributed by atoms with Gasteiger partial charge in [-0.1, -0.05) is 44.2 Å². The minimum absolute atomic E-state index is 0.00449. The summed E-state index contributed by atoms with van der Waals surface area (Å²) >= 11 is 1.53. The standard InChI is InChI=1S/C20H26N4O2S/c1-13(2)18(21-14(3)25)19(26)23-20-22-16-9-10-24(12-17(16)27-20)11-15-7-5-4-6-8-15/h4-8,13,18H,9-12H2,1-3H3,(H,21,25)(H,22,23,26)/t18-/m1/s1. The number of thiazole rings is 1. The van der Waals surface area contributed by atoms with E-state index in [2.05, 4.69) is 44.8 Å². The highest BCUT2D eigenvalue weighted by Gasteiger charge is 2.26. The molecule has 1 atom stereocenters. The molecule has 2 aromatic rings. The Morgan fingerprint density at radius 1 is 1.26 bits per heavy atom. The van der Waals surface area contributed by atoms with Gasteiger partial charge in [0.25, 0.3) is 0 Å². The highest BCUT2D eigenvalue weighted by molar-refractivity contribution is 7.15. The van der Waals surface area contributed by atoms with Gasteiger partial charge in [-0.05, 0) is 11.5 Å². The zero-order chi connectivity index (χ0) is 19.4. The normalized spacial score (nSPS) is 15.3. The van der Waals surface area contributed by atoms with Crippen molar-refractivity contribution in [3.8, 4) is 0 Å². The summed E-state index contributed by atoms with van der Waals surface area (Å²) in [7, 11) is 0. The quantitative estimate of drug-likeness (QED) is 0.801. The summed E-state index contributed by atoms with van der Waals surface area (Å²) in [5.41, 5.74) is 2.37. The number of hydrogen-bond donors (Lipinski definition) is 2. The van der Waals surface area contributed by atoms with Gasteiger partial charge < -0.3 is 10.6 Å². The summed E-state index contributed by atoms with van der Waals surface area (Å²) in [6, 6.07) is 9.87. The molecule has 1 aromatic carbocycles. The lowest BCUT2D eigenvalue weighted by Gasteiger charge is -2.25. The van der Waals surface area contributed by atoms with Crippen LogP contribution < -0.4 is 10.6 Å². The van der Waals surface area contributed by atoms with E-state index in [1.165, 1.54) is 28.7 Å². The second kappa shape index (κ2) is 8.63. The number of nitrogens with zero attached hydrogens (tertiary/aromatic N) is 2. The Hall–Kier alpha value is -2.25. The maximum Gasteiger partial charge on any atom is 0.248 e. The van der Waals surface area contributed by atoms with Crippen molar-refractivity contribution in [1.29, 1.82) is 0 Å². The predicted octanol–water partition coefficient (Wildman–Crippen LogP) is 2.80. The van der Waals surface area contributed by atoms with E-state index in [1.807, 2.05) is 19.9 Å². The zero-order valence-corrected chi connectivity index (χ0v) is 16.8. The van der Waals surface area contributed by atoms with Gasteiger partial charge >= 0.3 is 0 Å². The lowest BCUT2D eigenvalue weighted by molar-refractivity contribution is -0.126. The molecule has 2 N–H and O–H groups in total. The maximum atomic E-state index is 12.5. The van der Waals surface area contributed by atoms with Crippen molar-refractivity contribution in [2.24, 2.45) is 5.92 Å². The Labute approximate surface area is 164 Å². The highest BCUT2D eigenvalue weighted by Crippen LogP contribution is 2.29. The fourth-order valence-corrected chi connectivity index (χ4v) is 4.27. The lowest BCUT2D eigenvalue weighted by atomic mass is 10.0. The molecule has 0 saturated heterocycles. The van der Waals surface area contributed by atoms with Crippen molar-refractivity contribution in [3.05, 3.63) is 46.5 Å². The number of rotatable bonds is 6. The molecular formula is C20H26N4O2S. The molecule has 1 aromatic heterocycles. The van der Waals surface area contributed by atoms with Crippen LogP contribution >= 0.6 is 11.3 Å². The summed E-state index contributed by atoms with van der Waals surface area (Å²) in [5.74, 6) is -0.420. The Kier molecular flexibility index (Phi) is 6.23. The number of benzene rings is 1. The van der Waals surface area contributed by atoms with E-state index < -0.39 is 6.04 Å². The third-order valence-corrected chi connectivity index (χ3v) is 5.60. The highest BCUT2D eigenvalue weighted by atomic mass is 32.1. The number of hydrogen-bond acceptors (Lipinski definition) is 5. The second-order valence-corrected chi connectivity index (χ2v) is 8.33. The summed E-state index contributed by atoms with van der Waals surface area (Å²) in [6.45, 7) is 7.96. The largest absolute Gasteiger partial charge is 0.344 e. The van der Waals surface area contributed by atoms with Crippen molar-refractivity contribution in [3.63, 3.8) is 0 Å². The first kappa shape index (κ1) is 19.5. The van der Waals surface area contributed by atoms with Gasteiger partial charge in [0.05, 0.1) is 5.69 Å². The van der Waals surface area contributed by atoms with Gasteiger partial charge in [0.2, 0.25) is 11.8 Å². The first-order valence-electron chi connectivity index (χ1n) is 9.25. The molecule has 0 radical (unpaired) electrons. The van der Waals surface area contributed by atoms with Crippen LogP contribution in [0.1, 0.15) is 36.9 Å². The van der Waals surface area contributed by atoms with E-state index in [0.717, 1.165) is 31.7 Å². The van der Waals surface area contributed by atoms with E-state index in [-0.39, 0.29) is 17.7 Å². The first-order valence-corrected chi connectivity index (χ1v) is 10.1. The van der Waals surface area contributed by atoms with E-state index in [9.17, 15) is 9.59 Å². The molecule has 0 saturated carbocycles. The topological polar surface area (TPSA) is 74.3 Å². The van der Waals surface area contributed by atoms with Gasteiger partial charge in [0, 0.05) is 37.9 Å². The second-order valence-electron chi connectivity index (χ2n) is 7.25. The van der Waals surface area contributed by atoms with Crippen molar-refractivity contribution in [2.75, 3.05) is 11.9 Å². The van der Waals surface area contributed by atoms with Crippen molar-refractivity contribution >= 4 is 28.3 Å². The van der Waals surface area contributed by atoms with Crippen LogP contribution in [0.5, 0.6) is 0 Å². The Morgan fingerprint density at radius 3 is 2.67 bits per heavy atom. The number of carbonyl (C=O) groups is 2. The van der Waals surface area contributed by atoms with Gasteiger partial charge in [-0.15, -0.1) is 11.3 Å². The van der Waals surface area contributed by atoms with Gasteiger partial charge in [-0.25, -0.2) is 4.98 Å². The molecule has 0 aliphatic carbocycles. The Morgan fingerprint density at radius 2 is 2.00 bits per heavy atom. The van der Waals surface area contributed by atoms with Gasteiger partial charge in [-0.3, -0.25) is 14.5 Å². The summed E-state index contributed by atoms with van der Waals surface area (Å²) in [5, 5.41) is 6.21. The molecule has 1 aliphatic rings. The van der Waals surface area contributed by atoms with E-state index >= 15 is 0 Å². The number of amides is 2. The van der Waals surface area contributed by atoms with Crippen molar-refractivity contribution in [2.45, 2.75) is 46.3 Å². The van der Waals surface area contributed by atoms with Crippen molar-refractivity contribution in [1.82, 2.24) is 15.2 Å². The van der Waals surface area contributed by atoms with Crippen LogP contribution in [0, 0.1) is 5.92 Å². The lowest BCUT2D eigenvalue weighted by Crippen LogP contribution is -2.46. The first-order chi connectivity index (χ1) is 12.9. The summed E-state index contributed by atoms with van der Waals surface area (Å²) < 4.78 is 0. The monoisotopic (exact) mass is 386 g/mol. The van der Waals surface area contributed by atoms with Crippen LogP contribution in [-0.2, 0) is 29.1 Å². The number of nitrogens with one attached hydrogen (secondary N) is 2. The fraction of sp³-hybridized carbons (Fsp3) is 0.450. The number of anilines is 1. The SMILES string of the molecule is CC(=O)N[C@@H](C(=O)Nc1nc2c(s1)CN(Cc1ccccc1)CC2)C(C)C. The number of aromatic nitrogens is 1. The molecule has 6 nitrogen and oxygen atoms in total. The molecule has 7 heteroatoms. The van der Waals surface area contributed by atoms with Gasteiger partial charge in [0.1, 0.15) is 6.04 Å². The average molecular weight is 387 g/mol. The van der Waals surface area contributed by atoms with Gasteiger partial charge in [-0.2, -0.15) is 0 Å². The number of carbonyl (C=O) groups excluding carboxylic acids is 2. The van der Waals surface area contributed by atoms with Crippen LogP contribution in [-0.4, -0.2) is 34.3 Å². The molecule has 1 aliphatic heterocycles. The van der Waals surface area contributed by atoms with E-state index in [1.54, 1.807) is 0 Å². The van der Waals surface area contributed by atoms with E-state index in [4.69, 9.17) is 0 Å². The van der Waals surface area contributed by atoms with Crippen LogP contribution in [0.15, 0.2) is 30.3 Å². The third-order valence-electron chi connectivity index (χ3n) is 4.60. The maximum absolute atomic E-state index is 12.5. The van der Waals surface area contributed by atoms with Crippen LogP contribution in [0.3, 0.4) is 0 Å². The third kappa shape index (κ3) is 5.14. The Bertz CT molecular complexity index is 804. The number of fused-ring (bicyclic) bond motifs is 1. The minimum Gasteiger partial charge on any atom is -0.344 e. The molecule has 0 bridgehead atoms. The molecule has 0 fully saturated rings. The smallest absolute Gasteiger partial charge is 0.248 e. The summed E-state index contributed by atoms with van der Waals surface area (Å²) in [4.78, 5) is 32.1. The predicted molar refractivity (Wildman–Crippen MR) is 107 cm³/mol. The molecule has 2 amide bonds. The minimum atomic E-state index is -0.557. The molecule has 0 unspecified atom stereocenters. The molecule has 3 rings (SSSR count). The molecule has 0 spiro atoms. The van der Waals surface area contributed by atoms with Crippen molar-refractivity contribution < 1.29 is 9.59 Å². The Balaban J connectivity index is 1.64. The molecular weight excluding hydrogens is 360 g/mol. The van der Waals surface area contributed by atoms with Crippen LogP contribution in [0.25, 0.3) is 0 Å². The van der Waals surface area contributed by atoms with E-state index in [0.29, 0.717) is 5.13 Å². The molecule has 2 heterocycles. The van der Waals surface area contributed by atoms with Crippen LogP contribution in [0.4, 0.5) is 5.13 Å². The van der Waals surface area contributed by atoms with Gasteiger partial charge in [0.15, 0.2) is 5.13 Å².